The second kappa shape index (κ2) is 4.26. The summed E-state index contributed by atoms with van der Waals surface area (Å²) in [4.78, 5) is 0. The fraction of sp³-hybridized carbons (Fsp3) is 0. The van der Waals surface area contributed by atoms with E-state index in [-0.39, 0.29) is 11.6 Å². The summed E-state index contributed by atoms with van der Waals surface area (Å²) in [6.45, 7) is 0. The maximum atomic E-state index is 13.5. The first kappa shape index (κ1) is 10.5. The molecule has 0 N–H and O–H groups in total. The molecule has 15 heavy (non-hydrogen) atoms. The minimum Gasteiger partial charge on any atom is -0.207 e. The lowest BCUT2D eigenvalue weighted by Crippen LogP contribution is -1.85. The molecule has 0 heterocycles. The van der Waals surface area contributed by atoms with Gasteiger partial charge in [0, 0.05) is 9.13 Å². The van der Waals surface area contributed by atoms with Crippen LogP contribution in [0.25, 0.3) is 11.1 Å². The van der Waals surface area contributed by atoms with Crippen molar-refractivity contribution in [1.82, 2.24) is 0 Å². The summed E-state index contributed by atoms with van der Waals surface area (Å²) in [6.07, 6.45) is 0. The summed E-state index contributed by atoms with van der Waals surface area (Å²) in [5.74, 6) is -0.605. The van der Waals surface area contributed by atoms with Crippen molar-refractivity contribution in [3.8, 4) is 11.1 Å². The van der Waals surface area contributed by atoms with E-state index in [4.69, 9.17) is 0 Å². The van der Waals surface area contributed by atoms with Crippen molar-refractivity contribution in [3.05, 3.63) is 57.7 Å². The van der Waals surface area contributed by atoms with E-state index in [0.717, 1.165) is 3.57 Å². The predicted octanol–water partition coefficient (Wildman–Crippen LogP) is 4.24. The van der Waals surface area contributed by atoms with E-state index in [0.29, 0.717) is 11.1 Å². The van der Waals surface area contributed by atoms with Gasteiger partial charge in [0.25, 0.3) is 0 Å². The molecule has 0 aliphatic carbocycles. The molecule has 0 fully saturated rings. The monoisotopic (exact) mass is 316 g/mol. The Labute approximate surface area is 100 Å². The molecule has 0 aliphatic heterocycles. The average molecular weight is 316 g/mol. The van der Waals surface area contributed by atoms with Crippen LogP contribution in [0.4, 0.5) is 8.78 Å². The first-order valence-electron chi connectivity index (χ1n) is 4.38. The lowest BCUT2D eigenvalue weighted by molar-refractivity contribution is 0.625. The molecule has 0 nitrogen and oxygen atoms in total. The Hall–Kier alpha value is -0.970. The van der Waals surface area contributed by atoms with Crippen molar-refractivity contribution in [3.63, 3.8) is 0 Å². The fourth-order valence-electron chi connectivity index (χ4n) is 1.35. The van der Waals surface area contributed by atoms with Gasteiger partial charge in [-0.2, -0.15) is 0 Å². The van der Waals surface area contributed by atoms with Crippen molar-refractivity contribution in [2.75, 3.05) is 0 Å². The van der Waals surface area contributed by atoms with Crippen LogP contribution < -0.4 is 0 Å². The van der Waals surface area contributed by atoms with Crippen molar-refractivity contribution >= 4 is 22.6 Å². The molecule has 2 aromatic carbocycles. The smallest absolute Gasteiger partial charge is 0.131 e. The molecule has 0 radical (unpaired) electrons. The van der Waals surface area contributed by atoms with Crippen LogP contribution in [0.1, 0.15) is 0 Å². The molecular formula is C12H7F2I. The Balaban J connectivity index is 2.53. The van der Waals surface area contributed by atoms with Gasteiger partial charge in [0.05, 0.1) is 0 Å². The molecule has 0 atom stereocenters. The zero-order chi connectivity index (χ0) is 10.8. The molecule has 0 unspecified atom stereocenters. The zero-order valence-corrected chi connectivity index (χ0v) is 9.83. The highest BCUT2D eigenvalue weighted by Crippen LogP contribution is 2.24. The summed E-state index contributed by atoms with van der Waals surface area (Å²) in [6, 6.07) is 10.7. The van der Waals surface area contributed by atoms with Crippen LogP contribution in [0.3, 0.4) is 0 Å². The second-order valence-electron chi connectivity index (χ2n) is 3.13. The number of hydrogen-bond donors (Lipinski definition) is 0. The minimum absolute atomic E-state index is 0.290. The SMILES string of the molecule is Fc1ccc(-c2cc(I)ccc2F)cc1. The molecule has 3 heteroatoms. The van der Waals surface area contributed by atoms with E-state index in [2.05, 4.69) is 22.6 Å². The summed E-state index contributed by atoms with van der Waals surface area (Å²) in [5.41, 5.74) is 1.19. The standard InChI is InChI=1S/C12H7F2I/c13-9-3-1-8(2-4-9)11-7-10(15)5-6-12(11)14/h1-7H. The van der Waals surface area contributed by atoms with Gasteiger partial charge in [-0.1, -0.05) is 12.1 Å². The summed E-state index contributed by atoms with van der Waals surface area (Å²) < 4.78 is 27.1. The van der Waals surface area contributed by atoms with E-state index < -0.39 is 0 Å². The van der Waals surface area contributed by atoms with Crippen molar-refractivity contribution in [2.45, 2.75) is 0 Å². The highest BCUT2D eigenvalue weighted by atomic mass is 127. The van der Waals surface area contributed by atoms with Crippen molar-refractivity contribution in [2.24, 2.45) is 0 Å². The summed E-state index contributed by atoms with van der Waals surface area (Å²) in [7, 11) is 0. The highest BCUT2D eigenvalue weighted by Gasteiger charge is 2.05. The number of halogens is 3. The average Bonchev–Trinajstić information content (AvgIpc) is 2.23. The third kappa shape index (κ3) is 2.34. The zero-order valence-electron chi connectivity index (χ0n) is 7.68. The fourth-order valence-corrected chi connectivity index (χ4v) is 1.84. The van der Waals surface area contributed by atoms with E-state index in [9.17, 15) is 8.78 Å². The Morgan fingerprint density at radius 1 is 0.867 bits per heavy atom. The second-order valence-corrected chi connectivity index (χ2v) is 4.38. The van der Waals surface area contributed by atoms with Gasteiger partial charge < -0.3 is 0 Å². The largest absolute Gasteiger partial charge is 0.207 e. The number of benzene rings is 2. The first-order chi connectivity index (χ1) is 7.16. The van der Waals surface area contributed by atoms with Gasteiger partial charge in [-0.15, -0.1) is 0 Å². The van der Waals surface area contributed by atoms with Crippen molar-refractivity contribution in [1.29, 1.82) is 0 Å². The molecule has 0 aliphatic rings. The minimum atomic E-state index is -0.315. The van der Waals surface area contributed by atoms with Gasteiger partial charge in [-0.3, -0.25) is 0 Å². The van der Waals surface area contributed by atoms with Gasteiger partial charge in [0.2, 0.25) is 0 Å². The maximum absolute atomic E-state index is 13.5. The molecular weight excluding hydrogens is 309 g/mol. The van der Waals surface area contributed by atoms with Crippen LogP contribution in [0.15, 0.2) is 42.5 Å². The van der Waals surface area contributed by atoms with Crippen LogP contribution in [0, 0.1) is 15.2 Å². The molecule has 0 spiro atoms. The third-order valence-corrected chi connectivity index (χ3v) is 2.75. The molecule has 2 aromatic rings. The van der Waals surface area contributed by atoms with Crippen LogP contribution in [-0.2, 0) is 0 Å². The third-order valence-electron chi connectivity index (χ3n) is 2.08. The number of rotatable bonds is 1. The van der Waals surface area contributed by atoms with Crippen LogP contribution in [0.5, 0.6) is 0 Å². The Morgan fingerprint density at radius 3 is 2.20 bits per heavy atom. The van der Waals surface area contributed by atoms with E-state index in [1.165, 1.54) is 18.2 Å². The molecule has 0 aromatic heterocycles. The molecule has 0 saturated carbocycles. The van der Waals surface area contributed by atoms with E-state index in [1.54, 1.807) is 24.3 Å². The molecule has 2 rings (SSSR count). The van der Waals surface area contributed by atoms with Crippen LogP contribution >= 0.6 is 22.6 Å². The van der Waals surface area contributed by atoms with E-state index in [1.807, 2.05) is 0 Å². The van der Waals surface area contributed by atoms with Gasteiger partial charge in [0.1, 0.15) is 11.6 Å². The Kier molecular flexibility index (Phi) is 3.00. The topological polar surface area (TPSA) is 0 Å². The molecule has 76 valence electrons. The van der Waals surface area contributed by atoms with Crippen molar-refractivity contribution < 1.29 is 8.78 Å². The lowest BCUT2D eigenvalue weighted by Gasteiger charge is -2.03. The first-order valence-corrected chi connectivity index (χ1v) is 5.46. The molecule has 0 bridgehead atoms. The quantitative estimate of drug-likeness (QED) is 0.691. The number of hydrogen-bond acceptors (Lipinski definition) is 0. The molecule has 0 amide bonds. The van der Waals surface area contributed by atoms with E-state index >= 15 is 0 Å². The Bertz CT molecular complexity index is 477. The summed E-state index contributed by atoms with van der Waals surface area (Å²) in [5, 5.41) is 0. The van der Waals surface area contributed by atoms with Gasteiger partial charge >= 0.3 is 0 Å². The summed E-state index contributed by atoms with van der Waals surface area (Å²) >= 11 is 2.11. The highest BCUT2D eigenvalue weighted by molar-refractivity contribution is 14.1. The van der Waals surface area contributed by atoms with Gasteiger partial charge in [-0.25, -0.2) is 8.78 Å². The van der Waals surface area contributed by atoms with Gasteiger partial charge in [-0.05, 0) is 58.5 Å². The maximum Gasteiger partial charge on any atom is 0.131 e. The van der Waals surface area contributed by atoms with Gasteiger partial charge in [0.15, 0.2) is 0 Å². The van der Waals surface area contributed by atoms with Crippen LogP contribution in [0.2, 0.25) is 0 Å². The molecule has 0 saturated heterocycles. The van der Waals surface area contributed by atoms with Crippen LogP contribution in [-0.4, -0.2) is 0 Å². The lowest BCUT2D eigenvalue weighted by atomic mass is 10.1. The normalized spacial score (nSPS) is 10.3. The Morgan fingerprint density at radius 2 is 1.53 bits per heavy atom. The predicted molar refractivity (Wildman–Crippen MR) is 64.5 cm³/mol.